The number of imidazole rings is 1. The number of carbonyl (C=O) groups is 1. The van der Waals surface area contributed by atoms with Gasteiger partial charge < -0.3 is 32.7 Å². The topological polar surface area (TPSA) is 114 Å². The quantitative estimate of drug-likeness (QED) is 0.196. The number of H-pyrrole nitrogens is 1. The Morgan fingerprint density at radius 3 is 2.64 bits per heavy atom. The highest BCUT2D eigenvalue weighted by molar-refractivity contribution is 8.76. The van der Waals surface area contributed by atoms with E-state index in [2.05, 4.69) is 9.55 Å². The van der Waals surface area contributed by atoms with Gasteiger partial charge in [-0.25, -0.2) is 9.55 Å². The predicted octanol–water partition coefficient (Wildman–Crippen LogP) is 0.583. The van der Waals surface area contributed by atoms with Crippen LogP contribution < -0.4 is 32.2 Å². The van der Waals surface area contributed by atoms with Crippen LogP contribution in [0.2, 0.25) is 0 Å². The summed E-state index contributed by atoms with van der Waals surface area (Å²) >= 11 is 0. The monoisotopic (exact) mass is 534 g/mol. The van der Waals surface area contributed by atoms with E-state index < -0.39 is 12.0 Å². The summed E-state index contributed by atoms with van der Waals surface area (Å²) in [5.41, 5.74) is 10.4. The highest BCUT2D eigenvalue weighted by Crippen LogP contribution is 2.31. The summed E-state index contributed by atoms with van der Waals surface area (Å²) in [6.07, 6.45) is 2.44. The fourth-order valence-corrected chi connectivity index (χ4v) is 5.54. The van der Waals surface area contributed by atoms with E-state index in [4.69, 9.17) is 25.3 Å². The van der Waals surface area contributed by atoms with Gasteiger partial charge in [0.1, 0.15) is 28.8 Å². The number of nitrogens with one attached hydrogen (secondary N) is 1. The number of carboxylic acid groups (broad SMARTS) is 1. The van der Waals surface area contributed by atoms with Crippen molar-refractivity contribution >= 4 is 51.0 Å². The number of pyridine rings is 1. The van der Waals surface area contributed by atoms with Crippen molar-refractivity contribution in [2.24, 2.45) is 5.73 Å². The molecule has 3 rings (SSSR count). The second-order valence-corrected chi connectivity index (χ2v) is 9.63. The molecule has 0 aliphatic carbocycles. The van der Waals surface area contributed by atoms with Gasteiger partial charge in [0, 0.05) is 22.9 Å². The minimum Gasteiger partial charge on any atom is -1.00 e. The molecule has 0 aliphatic rings. The van der Waals surface area contributed by atoms with Crippen molar-refractivity contribution < 1.29 is 36.3 Å². The average molecular weight is 536 g/mol. The van der Waals surface area contributed by atoms with Crippen LogP contribution in [0, 0.1) is 13.8 Å². The largest absolute Gasteiger partial charge is 1.00 e. The van der Waals surface area contributed by atoms with Crippen LogP contribution >= 0.6 is 34.0 Å². The number of benzene rings is 1. The molecule has 182 valence electrons. The first-order valence-electron chi connectivity index (χ1n) is 9.71. The molecule has 0 radical (unpaired) electrons. The second-order valence-electron chi connectivity index (χ2n) is 7.05. The van der Waals surface area contributed by atoms with Gasteiger partial charge in [-0.2, -0.15) is 0 Å². The van der Waals surface area contributed by atoms with Gasteiger partial charge in [0.15, 0.2) is 5.52 Å². The SMILES string of the molecule is COc1ccc2nc(-[n+]3cc(C)c(OC)c(C)c3CSSCCC(N)C(=O)O)[nH]c2c1.Cl.[Cl-]. The molecule has 0 bridgehead atoms. The first-order valence-corrected chi connectivity index (χ1v) is 12.2. The van der Waals surface area contributed by atoms with Crippen LogP contribution in [0.5, 0.6) is 11.5 Å². The highest BCUT2D eigenvalue weighted by atomic mass is 35.5. The first kappa shape index (κ1) is 29.2. The van der Waals surface area contributed by atoms with Crippen molar-refractivity contribution in [1.29, 1.82) is 0 Å². The minimum atomic E-state index is -0.968. The van der Waals surface area contributed by atoms with Crippen LogP contribution in [-0.4, -0.2) is 47.1 Å². The van der Waals surface area contributed by atoms with Crippen LogP contribution in [0.25, 0.3) is 17.0 Å². The molecule has 2 aromatic heterocycles. The van der Waals surface area contributed by atoms with Crippen molar-refractivity contribution in [3.05, 3.63) is 41.2 Å². The van der Waals surface area contributed by atoms with Crippen LogP contribution in [0.4, 0.5) is 0 Å². The lowest BCUT2D eigenvalue weighted by atomic mass is 10.1. The number of nitrogens with zero attached hydrogens (tertiary/aromatic N) is 2. The van der Waals surface area contributed by atoms with E-state index in [-0.39, 0.29) is 24.8 Å². The van der Waals surface area contributed by atoms with Crippen molar-refractivity contribution in [2.75, 3.05) is 20.0 Å². The van der Waals surface area contributed by atoms with Crippen molar-refractivity contribution in [3.8, 4) is 17.4 Å². The molecule has 33 heavy (non-hydrogen) atoms. The lowest BCUT2D eigenvalue weighted by Gasteiger charge is -2.15. The molecule has 2 heterocycles. The average Bonchev–Trinajstić information content (AvgIpc) is 3.17. The van der Waals surface area contributed by atoms with E-state index >= 15 is 0 Å². The Morgan fingerprint density at radius 2 is 2.00 bits per heavy atom. The summed E-state index contributed by atoms with van der Waals surface area (Å²) in [6, 6.07) is 4.91. The molecule has 0 saturated heterocycles. The lowest BCUT2D eigenvalue weighted by molar-refractivity contribution is -0.611. The van der Waals surface area contributed by atoms with E-state index in [1.807, 2.05) is 38.2 Å². The molecule has 0 aliphatic heterocycles. The van der Waals surface area contributed by atoms with Crippen LogP contribution in [-0.2, 0) is 10.5 Å². The number of carboxylic acids is 1. The Labute approximate surface area is 213 Å². The van der Waals surface area contributed by atoms with E-state index in [1.165, 1.54) is 0 Å². The fourth-order valence-electron chi connectivity index (χ4n) is 3.29. The maximum Gasteiger partial charge on any atom is 0.402 e. The molecular formula is C21H28Cl2N4O4S2. The summed E-state index contributed by atoms with van der Waals surface area (Å²) in [5, 5.41) is 8.92. The Morgan fingerprint density at radius 1 is 1.27 bits per heavy atom. The van der Waals surface area contributed by atoms with Crippen LogP contribution in [0.3, 0.4) is 0 Å². The summed E-state index contributed by atoms with van der Waals surface area (Å²) < 4.78 is 13.0. The maximum atomic E-state index is 10.9. The van der Waals surface area contributed by atoms with E-state index in [0.717, 1.165) is 39.4 Å². The molecule has 0 amide bonds. The number of aromatic amines is 1. The molecule has 0 saturated carbocycles. The number of hydrogen-bond acceptors (Lipinski definition) is 7. The van der Waals surface area contributed by atoms with Gasteiger partial charge in [-0.15, -0.1) is 12.4 Å². The smallest absolute Gasteiger partial charge is 0.402 e. The van der Waals surface area contributed by atoms with Gasteiger partial charge in [0.05, 0.1) is 26.2 Å². The third-order valence-corrected chi connectivity index (χ3v) is 7.28. The zero-order chi connectivity index (χ0) is 22.5. The summed E-state index contributed by atoms with van der Waals surface area (Å²) in [4.78, 5) is 19.0. The van der Waals surface area contributed by atoms with Crippen molar-refractivity contribution in [2.45, 2.75) is 32.1 Å². The normalized spacial score (nSPS) is 11.4. The van der Waals surface area contributed by atoms with Gasteiger partial charge >= 0.3 is 11.9 Å². The molecule has 0 spiro atoms. The third-order valence-electron chi connectivity index (χ3n) is 4.96. The number of rotatable bonds is 10. The standard InChI is InChI=1S/C21H26N4O4S2.2ClH/c1-12-10-25(21-23-16-6-5-14(28-3)9-17(16)24-21)18(13(2)19(12)29-4)11-31-30-8-7-15(22)20(26)27;;/h5-6,9-10,15H,7-8,11,22H2,1-4H3,(H-,23,24,26,27);2*1H. The van der Waals surface area contributed by atoms with E-state index in [0.29, 0.717) is 23.9 Å². The Kier molecular flexibility index (Phi) is 11.6. The van der Waals surface area contributed by atoms with Gasteiger partial charge in [0.25, 0.3) is 0 Å². The van der Waals surface area contributed by atoms with Crippen molar-refractivity contribution in [3.63, 3.8) is 0 Å². The van der Waals surface area contributed by atoms with Gasteiger partial charge in [-0.3, -0.25) is 4.79 Å². The third kappa shape index (κ3) is 6.83. The highest BCUT2D eigenvalue weighted by Gasteiger charge is 2.23. The van der Waals surface area contributed by atoms with Gasteiger partial charge in [-0.1, -0.05) is 26.6 Å². The number of aryl methyl sites for hydroxylation is 1. The summed E-state index contributed by atoms with van der Waals surface area (Å²) in [7, 11) is 6.57. The maximum absolute atomic E-state index is 10.9. The zero-order valence-electron chi connectivity index (χ0n) is 18.8. The molecule has 4 N–H and O–H groups in total. The number of hydrogen-bond donors (Lipinski definition) is 3. The van der Waals surface area contributed by atoms with Crippen LogP contribution in [0.1, 0.15) is 23.2 Å². The van der Waals surface area contributed by atoms with E-state index in [1.54, 1.807) is 35.8 Å². The van der Waals surface area contributed by atoms with Gasteiger partial charge in [-0.05, 0) is 32.4 Å². The number of ether oxygens (including phenoxy) is 2. The van der Waals surface area contributed by atoms with Crippen LogP contribution in [0.15, 0.2) is 24.4 Å². The molecule has 1 aromatic carbocycles. The Balaban J connectivity index is 0.00000272. The van der Waals surface area contributed by atoms with Gasteiger partial charge in [0.2, 0.25) is 0 Å². The summed E-state index contributed by atoms with van der Waals surface area (Å²) in [5.74, 6) is 2.71. The lowest BCUT2D eigenvalue weighted by Crippen LogP contribution is -3.00. The molecule has 3 aromatic rings. The second kappa shape index (κ2) is 13.1. The minimum absolute atomic E-state index is 0. The van der Waals surface area contributed by atoms with Crippen molar-refractivity contribution in [1.82, 2.24) is 9.97 Å². The van der Waals surface area contributed by atoms with E-state index in [9.17, 15) is 4.79 Å². The number of fused-ring (bicyclic) bond motifs is 1. The molecule has 8 nitrogen and oxygen atoms in total. The predicted molar refractivity (Wildman–Crippen MR) is 131 cm³/mol. The molecule has 12 heteroatoms. The molecule has 1 atom stereocenters. The molecular weight excluding hydrogens is 507 g/mol. The first-order chi connectivity index (χ1) is 14.8. The Bertz CT molecular complexity index is 1100. The number of aliphatic carboxylic acids is 1. The number of aromatic nitrogens is 3. The Hall–Kier alpha value is -1.85. The molecule has 0 fully saturated rings. The number of nitrogens with two attached hydrogens (primary N) is 1. The number of halogens is 2. The fraction of sp³-hybridized carbons (Fsp3) is 0.381. The number of methoxy groups -OCH3 is 2. The summed E-state index contributed by atoms with van der Waals surface area (Å²) in [6.45, 7) is 4.04. The molecule has 1 unspecified atom stereocenters. The zero-order valence-corrected chi connectivity index (χ0v) is 22.0.